The predicted octanol–water partition coefficient (Wildman–Crippen LogP) is 1.92. The van der Waals surface area contributed by atoms with E-state index in [-0.39, 0.29) is 6.54 Å². The molecule has 0 bridgehead atoms. The largest absolute Gasteiger partial charge is 0.466 e. The van der Waals surface area contributed by atoms with Crippen LogP contribution in [0.25, 0.3) is 0 Å². The van der Waals surface area contributed by atoms with Gasteiger partial charge in [0.1, 0.15) is 11.4 Å². The lowest BCUT2D eigenvalue weighted by atomic mass is 10.0. The van der Waals surface area contributed by atoms with Crippen molar-refractivity contribution in [3.8, 4) is 0 Å². The zero-order valence-corrected chi connectivity index (χ0v) is 15.2. The van der Waals surface area contributed by atoms with Crippen LogP contribution >= 0.6 is 0 Å². The number of nitrogens with one attached hydrogen (secondary N) is 2. The molecule has 0 amide bonds. The Balaban J connectivity index is 1.84. The van der Waals surface area contributed by atoms with Crippen molar-refractivity contribution < 1.29 is 9.52 Å². The number of rotatable bonds is 7. The SMILES string of the molecule is CCNC(=NCC(C)(O)c1ccco1)NCCN1CCCCC1C. The van der Waals surface area contributed by atoms with Gasteiger partial charge in [0.05, 0.1) is 12.8 Å². The van der Waals surface area contributed by atoms with Gasteiger partial charge in [-0.3, -0.25) is 4.90 Å². The van der Waals surface area contributed by atoms with Gasteiger partial charge in [-0.1, -0.05) is 6.42 Å². The second kappa shape index (κ2) is 9.08. The summed E-state index contributed by atoms with van der Waals surface area (Å²) in [7, 11) is 0. The van der Waals surface area contributed by atoms with Crippen molar-refractivity contribution in [2.45, 2.75) is 51.7 Å². The topological polar surface area (TPSA) is 73.0 Å². The molecule has 2 atom stereocenters. The Morgan fingerprint density at radius 1 is 1.46 bits per heavy atom. The molecule has 3 N–H and O–H groups in total. The first-order valence-corrected chi connectivity index (χ1v) is 9.05. The van der Waals surface area contributed by atoms with Crippen LogP contribution in [0.15, 0.2) is 27.8 Å². The number of aliphatic hydroxyl groups is 1. The molecule has 1 saturated heterocycles. The van der Waals surface area contributed by atoms with Crippen LogP contribution < -0.4 is 10.6 Å². The normalized spacial score (nSPS) is 22.2. The van der Waals surface area contributed by atoms with Crippen LogP contribution in [0.4, 0.5) is 0 Å². The van der Waals surface area contributed by atoms with E-state index >= 15 is 0 Å². The molecule has 0 saturated carbocycles. The van der Waals surface area contributed by atoms with E-state index in [1.54, 1.807) is 25.3 Å². The molecule has 136 valence electrons. The van der Waals surface area contributed by atoms with Crippen molar-refractivity contribution in [2.75, 3.05) is 32.7 Å². The van der Waals surface area contributed by atoms with Crippen LogP contribution in [-0.4, -0.2) is 54.7 Å². The molecule has 6 nitrogen and oxygen atoms in total. The number of hydrogen-bond donors (Lipinski definition) is 3. The maximum Gasteiger partial charge on any atom is 0.191 e. The third-order valence-electron chi connectivity index (χ3n) is 4.57. The average Bonchev–Trinajstić information content (AvgIpc) is 3.10. The first kappa shape index (κ1) is 18.8. The Bertz CT molecular complexity index is 499. The fourth-order valence-corrected chi connectivity index (χ4v) is 3.05. The smallest absolute Gasteiger partial charge is 0.191 e. The molecule has 0 radical (unpaired) electrons. The zero-order chi connectivity index (χ0) is 17.4. The maximum atomic E-state index is 10.5. The van der Waals surface area contributed by atoms with Gasteiger partial charge >= 0.3 is 0 Å². The van der Waals surface area contributed by atoms with Gasteiger partial charge in [-0.25, -0.2) is 4.99 Å². The van der Waals surface area contributed by atoms with Crippen molar-refractivity contribution in [3.63, 3.8) is 0 Å². The molecule has 2 unspecified atom stereocenters. The zero-order valence-electron chi connectivity index (χ0n) is 15.2. The highest BCUT2D eigenvalue weighted by Crippen LogP contribution is 2.21. The molecule has 0 aromatic carbocycles. The number of nitrogens with zero attached hydrogens (tertiary/aromatic N) is 2. The third-order valence-corrected chi connectivity index (χ3v) is 4.57. The highest BCUT2D eigenvalue weighted by Gasteiger charge is 2.26. The maximum absolute atomic E-state index is 10.5. The molecule has 2 rings (SSSR count). The van der Waals surface area contributed by atoms with Gasteiger partial charge in [-0.05, 0) is 52.3 Å². The first-order valence-electron chi connectivity index (χ1n) is 9.05. The summed E-state index contributed by atoms with van der Waals surface area (Å²) in [5.41, 5.74) is -1.10. The van der Waals surface area contributed by atoms with Crippen LogP contribution in [0, 0.1) is 0 Å². The van der Waals surface area contributed by atoms with Gasteiger partial charge in [0.2, 0.25) is 0 Å². The Morgan fingerprint density at radius 3 is 2.96 bits per heavy atom. The summed E-state index contributed by atoms with van der Waals surface area (Å²) in [6.07, 6.45) is 5.50. The van der Waals surface area contributed by atoms with E-state index in [9.17, 15) is 5.11 Å². The van der Waals surface area contributed by atoms with Crippen molar-refractivity contribution in [1.82, 2.24) is 15.5 Å². The van der Waals surface area contributed by atoms with E-state index < -0.39 is 5.60 Å². The summed E-state index contributed by atoms with van der Waals surface area (Å²) >= 11 is 0. The van der Waals surface area contributed by atoms with Crippen LogP contribution in [-0.2, 0) is 5.60 Å². The molecule has 1 aromatic rings. The summed E-state index contributed by atoms with van der Waals surface area (Å²) in [6, 6.07) is 4.21. The van der Waals surface area contributed by atoms with Crippen molar-refractivity contribution >= 4 is 5.96 Å². The minimum Gasteiger partial charge on any atom is -0.466 e. The number of likely N-dealkylation sites (tertiary alicyclic amines) is 1. The summed E-state index contributed by atoms with van der Waals surface area (Å²) in [5.74, 6) is 1.26. The standard InChI is InChI=1S/C18H32N4O2/c1-4-19-17(20-10-12-22-11-6-5-8-15(22)2)21-14-18(3,23)16-9-7-13-24-16/h7,9,13,15,23H,4-6,8,10-12,14H2,1-3H3,(H2,19,20,21). The van der Waals surface area contributed by atoms with Gasteiger partial charge in [0, 0.05) is 25.7 Å². The molecular weight excluding hydrogens is 304 g/mol. The van der Waals surface area contributed by atoms with Crippen molar-refractivity contribution in [1.29, 1.82) is 0 Å². The molecule has 2 heterocycles. The van der Waals surface area contributed by atoms with E-state index in [4.69, 9.17) is 4.42 Å². The Kier molecular flexibility index (Phi) is 7.12. The highest BCUT2D eigenvalue weighted by atomic mass is 16.4. The molecule has 0 aliphatic carbocycles. The molecule has 1 fully saturated rings. The lowest BCUT2D eigenvalue weighted by Gasteiger charge is -2.33. The lowest BCUT2D eigenvalue weighted by molar-refractivity contribution is 0.0437. The average molecular weight is 336 g/mol. The monoisotopic (exact) mass is 336 g/mol. The number of hydrogen-bond acceptors (Lipinski definition) is 4. The third kappa shape index (κ3) is 5.53. The minimum absolute atomic E-state index is 0.246. The van der Waals surface area contributed by atoms with E-state index in [1.165, 1.54) is 25.8 Å². The second-order valence-corrected chi connectivity index (χ2v) is 6.75. The molecule has 1 aliphatic heterocycles. The van der Waals surface area contributed by atoms with Crippen molar-refractivity contribution in [3.05, 3.63) is 24.2 Å². The first-order chi connectivity index (χ1) is 11.5. The molecule has 24 heavy (non-hydrogen) atoms. The summed E-state index contributed by atoms with van der Waals surface area (Å²) in [5, 5.41) is 17.1. The number of piperidine rings is 1. The van der Waals surface area contributed by atoms with E-state index in [0.29, 0.717) is 11.8 Å². The number of guanidine groups is 1. The molecule has 0 spiro atoms. The summed E-state index contributed by atoms with van der Waals surface area (Å²) in [4.78, 5) is 7.04. The van der Waals surface area contributed by atoms with Gasteiger partial charge in [-0.2, -0.15) is 0 Å². The van der Waals surface area contributed by atoms with Gasteiger partial charge in [0.15, 0.2) is 5.96 Å². The Hall–Kier alpha value is -1.53. The van der Waals surface area contributed by atoms with Crippen molar-refractivity contribution in [2.24, 2.45) is 4.99 Å². The van der Waals surface area contributed by atoms with Gasteiger partial charge in [-0.15, -0.1) is 0 Å². The van der Waals surface area contributed by atoms with Crippen LogP contribution in [0.3, 0.4) is 0 Å². The van der Waals surface area contributed by atoms with Gasteiger partial charge in [0.25, 0.3) is 0 Å². The second-order valence-electron chi connectivity index (χ2n) is 6.75. The molecule has 6 heteroatoms. The molecular formula is C18H32N4O2. The van der Waals surface area contributed by atoms with Crippen LogP contribution in [0.2, 0.25) is 0 Å². The lowest BCUT2D eigenvalue weighted by Crippen LogP contribution is -2.45. The predicted molar refractivity (Wildman–Crippen MR) is 97.1 cm³/mol. The van der Waals surface area contributed by atoms with E-state index in [0.717, 1.165) is 25.6 Å². The van der Waals surface area contributed by atoms with Crippen LogP contribution in [0.5, 0.6) is 0 Å². The number of aliphatic imine (C=N–C) groups is 1. The summed E-state index contributed by atoms with van der Waals surface area (Å²) in [6.45, 7) is 10.1. The van der Waals surface area contributed by atoms with E-state index in [2.05, 4.69) is 27.4 Å². The molecule has 1 aromatic heterocycles. The Morgan fingerprint density at radius 2 is 2.29 bits per heavy atom. The highest BCUT2D eigenvalue weighted by molar-refractivity contribution is 5.79. The quantitative estimate of drug-likeness (QED) is 0.524. The van der Waals surface area contributed by atoms with E-state index in [1.807, 2.05) is 6.92 Å². The van der Waals surface area contributed by atoms with Crippen LogP contribution in [0.1, 0.15) is 45.8 Å². The fourth-order valence-electron chi connectivity index (χ4n) is 3.05. The summed E-state index contributed by atoms with van der Waals surface area (Å²) < 4.78 is 5.30. The fraction of sp³-hybridized carbons (Fsp3) is 0.722. The minimum atomic E-state index is -1.10. The molecule has 1 aliphatic rings. The van der Waals surface area contributed by atoms with Gasteiger partial charge < -0.3 is 20.2 Å². The number of furan rings is 1. The Labute approximate surface area is 145 Å².